The molecule has 7 heteroatoms. The molecule has 0 radical (unpaired) electrons. The molecule has 148 valence electrons. The maximum Gasteiger partial charge on any atom is 0.179 e. The molecule has 28 heavy (non-hydrogen) atoms. The molecule has 3 aromatic rings. The van der Waals surface area contributed by atoms with Gasteiger partial charge >= 0.3 is 0 Å². The van der Waals surface area contributed by atoms with Gasteiger partial charge in [0.15, 0.2) is 11.3 Å². The highest BCUT2D eigenvalue weighted by atomic mass is 16.5. The minimum absolute atomic E-state index is 0.452. The van der Waals surface area contributed by atoms with E-state index in [1.807, 2.05) is 12.4 Å². The number of aromatic nitrogens is 5. The smallest absolute Gasteiger partial charge is 0.179 e. The Balaban J connectivity index is 1.35. The van der Waals surface area contributed by atoms with Crippen LogP contribution in [0.25, 0.3) is 16.8 Å². The number of ether oxygens (including phenoxy) is 1. The van der Waals surface area contributed by atoms with E-state index in [2.05, 4.69) is 42.5 Å². The Morgan fingerprint density at radius 2 is 2.11 bits per heavy atom. The van der Waals surface area contributed by atoms with Crippen LogP contribution in [0.3, 0.4) is 0 Å². The zero-order chi connectivity index (χ0) is 18.7. The zero-order valence-corrected chi connectivity index (χ0v) is 16.4. The SMILES string of the molecule is CC[C@@H]1C[C@H](N(CC2CC2)C2COC2)CC1c1nnc2cnc3[nH]ccc3n12. The lowest BCUT2D eigenvalue weighted by Crippen LogP contribution is -2.53. The van der Waals surface area contributed by atoms with Crippen molar-refractivity contribution < 1.29 is 4.74 Å². The number of nitrogens with one attached hydrogen (secondary N) is 1. The van der Waals surface area contributed by atoms with Crippen LogP contribution in [-0.2, 0) is 4.74 Å². The van der Waals surface area contributed by atoms with E-state index in [0.717, 1.165) is 41.8 Å². The maximum absolute atomic E-state index is 5.55. The summed E-state index contributed by atoms with van der Waals surface area (Å²) in [5.41, 5.74) is 2.83. The van der Waals surface area contributed by atoms with Crippen LogP contribution in [0, 0.1) is 11.8 Å². The predicted molar refractivity (Wildman–Crippen MR) is 106 cm³/mol. The molecule has 0 amide bonds. The molecule has 0 bridgehead atoms. The molecule has 1 N–H and O–H groups in total. The number of fused-ring (bicyclic) bond motifs is 3. The molecule has 1 aliphatic heterocycles. The molecule has 3 atom stereocenters. The molecule has 2 aliphatic carbocycles. The predicted octanol–water partition coefficient (Wildman–Crippen LogP) is 2.99. The standard InChI is InChI=1S/C21H28N6O/c1-2-14-7-15(26(10-13-3-4-13)16-11-28-12-16)8-17(14)21-25-24-19-9-23-20-18(27(19)21)5-6-22-20/h5-6,9,13-17,22H,2-4,7-8,10-12H2,1H3/t14-,15+,17?/m1/s1. The first kappa shape index (κ1) is 16.9. The average Bonchev–Trinajstić information content (AvgIpc) is 3.09. The highest BCUT2D eigenvalue weighted by Crippen LogP contribution is 2.45. The Labute approximate surface area is 164 Å². The van der Waals surface area contributed by atoms with Crippen LogP contribution in [0.1, 0.15) is 50.8 Å². The molecule has 2 saturated carbocycles. The van der Waals surface area contributed by atoms with Gasteiger partial charge in [-0.3, -0.25) is 9.30 Å². The minimum atomic E-state index is 0.452. The third-order valence-electron chi connectivity index (χ3n) is 7.22. The van der Waals surface area contributed by atoms with Gasteiger partial charge in [-0.1, -0.05) is 13.3 Å². The normalized spacial score (nSPS) is 28.6. The summed E-state index contributed by atoms with van der Waals surface area (Å²) in [6.45, 7) is 5.41. The summed E-state index contributed by atoms with van der Waals surface area (Å²) in [5.74, 6) is 3.14. The van der Waals surface area contributed by atoms with Gasteiger partial charge in [0.1, 0.15) is 5.82 Å². The first-order chi connectivity index (χ1) is 13.8. The first-order valence-corrected chi connectivity index (χ1v) is 10.8. The lowest BCUT2D eigenvalue weighted by molar-refractivity contribution is -0.0807. The van der Waals surface area contributed by atoms with Crippen LogP contribution >= 0.6 is 0 Å². The fourth-order valence-electron chi connectivity index (χ4n) is 5.38. The van der Waals surface area contributed by atoms with E-state index in [4.69, 9.17) is 4.74 Å². The van der Waals surface area contributed by atoms with E-state index in [0.29, 0.717) is 23.9 Å². The van der Waals surface area contributed by atoms with Crippen LogP contribution in [0.15, 0.2) is 18.5 Å². The van der Waals surface area contributed by atoms with Crippen LogP contribution in [-0.4, -0.2) is 61.3 Å². The molecule has 1 unspecified atom stereocenters. The van der Waals surface area contributed by atoms with Crippen molar-refractivity contribution in [3.05, 3.63) is 24.3 Å². The van der Waals surface area contributed by atoms with Crippen molar-refractivity contribution in [3.63, 3.8) is 0 Å². The Morgan fingerprint density at radius 3 is 2.86 bits per heavy atom. The molecular formula is C21H28N6O. The Hall–Kier alpha value is -1.99. The molecule has 6 rings (SSSR count). The molecule has 3 aromatic heterocycles. The fraction of sp³-hybridized carbons (Fsp3) is 0.667. The topological polar surface area (TPSA) is 71.3 Å². The van der Waals surface area contributed by atoms with Gasteiger partial charge in [-0.15, -0.1) is 10.2 Å². The number of aromatic amines is 1. The maximum atomic E-state index is 5.55. The third kappa shape index (κ3) is 2.67. The first-order valence-electron chi connectivity index (χ1n) is 10.8. The molecule has 0 aromatic carbocycles. The van der Waals surface area contributed by atoms with E-state index in [1.165, 1.54) is 38.6 Å². The van der Waals surface area contributed by atoms with Crippen molar-refractivity contribution in [2.75, 3.05) is 19.8 Å². The highest BCUT2D eigenvalue weighted by molar-refractivity contribution is 5.74. The Kier molecular flexibility index (Phi) is 3.94. The zero-order valence-electron chi connectivity index (χ0n) is 16.4. The van der Waals surface area contributed by atoms with Gasteiger partial charge in [-0.05, 0) is 43.6 Å². The van der Waals surface area contributed by atoms with E-state index in [1.54, 1.807) is 0 Å². The Bertz CT molecular complexity index is 987. The van der Waals surface area contributed by atoms with E-state index < -0.39 is 0 Å². The molecule has 1 saturated heterocycles. The number of hydrogen-bond acceptors (Lipinski definition) is 5. The molecule has 0 spiro atoms. The van der Waals surface area contributed by atoms with Crippen molar-refractivity contribution in [1.29, 1.82) is 0 Å². The monoisotopic (exact) mass is 380 g/mol. The highest BCUT2D eigenvalue weighted by Gasteiger charge is 2.43. The van der Waals surface area contributed by atoms with Gasteiger partial charge in [0, 0.05) is 24.7 Å². The van der Waals surface area contributed by atoms with Gasteiger partial charge in [-0.25, -0.2) is 4.98 Å². The van der Waals surface area contributed by atoms with Crippen LogP contribution in [0.5, 0.6) is 0 Å². The second kappa shape index (κ2) is 6.52. The summed E-state index contributed by atoms with van der Waals surface area (Å²) in [6.07, 6.45) is 10.2. The van der Waals surface area contributed by atoms with Gasteiger partial charge < -0.3 is 9.72 Å². The van der Waals surface area contributed by atoms with Crippen molar-refractivity contribution >= 4 is 16.8 Å². The van der Waals surface area contributed by atoms with Crippen molar-refractivity contribution in [3.8, 4) is 0 Å². The summed E-state index contributed by atoms with van der Waals surface area (Å²) in [7, 11) is 0. The molecular weight excluding hydrogens is 352 g/mol. The third-order valence-corrected chi connectivity index (χ3v) is 7.22. The van der Waals surface area contributed by atoms with Crippen LogP contribution < -0.4 is 0 Å². The molecule has 4 heterocycles. The summed E-state index contributed by atoms with van der Waals surface area (Å²) in [6, 6.07) is 3.35. The van der Waals surface area contributed by atoms with Crippen LogP contribution in [0.4, 0.5) is 0 Å². The number of hydrogen-bond donors (Lipinski definition) is 1. The van der Waals surface area contributed by atoms with E-state index >= 15 is 0 Å². The van der Waals surface area contributed by atoms with Crippen molar-refractivity contribution in [2.45, 2.75) is 57.0 Å². The fourth-order valence-corrected chi connectivity index (χ4v) is 5.38. The lowest BCUT2D eigenvalue weighted by atomic mass is 9.93. The lowest BCUT2D eigenvalue weighted by Gasteiger charge is -2.41. The second-order valence-electron chi connectivity index (χ2n) is 8.95. The summed E-state index contributed by atoms with van der Waals surface area (Å²) >= 11 is 0. The quantitative estimate of drug-likeness (QED) is 0.712. The van der Waals surface area contributed by atoms with Gasteiger partial charge in [-0.2, -0.15) is 0 Å². The molecule has 7 nitrogen and oxygen atoms in total. The molecule has 3 aliphatic rings. The van der Waals surface area contributed by atoms with E-state index in [-0.39, 0.29) is 0 Å². The molecule has 3 fully saturated rings. The Morgan fingerprint density at radius 1 is 1.21 bits per heavy atom. The van der Waals surface area contributed by atoms with E-state index in [9.17, 15) is 0 Å². The van der Waals surface area contributed by atoms with Gasteiger partial charge in [0.2, 0.25) is 0 Å². The van der Waals surface area contributed by atoms with Crippen molar-refractivity contribution in [2.24, 2.45) is 11.8 Å². The van der Waals surface area contributed by atoms with Crippen molar-refractivity contribution in [1.82, 2.24) is 29.5 Å². The van der Waals surface area contributed by atoms with Gasteiger partial charge in [0.25, 0.3) is 0 Å². The average molecular weight is 380 g/mol. The largest absolute Gasteiger partial charge is 0.378 e. The summed E-state index contributed by atoms with van der Waals surface area (Å²) < 4.78 is 7.78. The van der Waals surface area contributed by atoms with Gasteiger partial charge in [0.05, 0.1) is 31.0 Å². The summed E-state index contributed by atoms with van der Waals surface area (Å²) in [5, 5.41) is 9.12. The summed E-state index contributed by atoms with van der Waals surface area (Å²) in [4.78, 5) is 10.5. The number of nitrogens with zero attached hydrogens (tertiary/aromatic N) is 5. The number of rotatable bonds is 6. The van der Waals surface area contributed by atoms with Crippen LogP contribution in [0.2, 0.25) is 0 Å². The number of H-pyrrole nitrogens is 1. The minimum Gasteiger partial charge on any atom is -0.378 e. The second-order valence-corrected chi connectivity index (χ2v) is 8.95.